The zero-order chi connectivity index (χ0) is 26.9. The van der Waals surface area contributed by atoms with Crippen LogP contribution in [0.1, 0.15) is 32.3 Å². The van der Waals surface area contributed by atoms with Gasteiger partial charge in [0.15, 0.2) is 15.7 Å². The molecule has 2 heterocycles. The highest BCUT2D eigenvalue weighted by Crippen LogP contribution is 2.33. The molecule has 2 amide bonds. The lowest BCUT2D eigenvalue weighted by atomic mass is 10.0. The molecule has 1 aliphatic heterocycles. The normalized spacial score (nSPS) is 14.4. The first-order valence-corrected chi connectivity index (χ1v) is 13.7. The summed E-state index contributed by atoms with van der Waals surface area (Å²) in [4.78, 5) is 37.7. The average molecular weight is 523 g/mol. The molecule has 0 saturated heterocycles. The minimum atomic E-state index is -3.58. The van der Waals surface area contributed by atoms with E-state index in [9.17, 15) is 18.0 Å². The van der Waals surface area contributed by atoms with Crippen LogP contribution in [0.3, 0.4) is 0 Å². The van der Waals surface area contributed by atoms with Crippen molar-refractivity contribution in [1.82, 2.24) is 9.97 Å². The van der Waals surface area contributed by atoms with Crippen molar-refractivity contribution in [1.29, 1.82) is 0 Å². The fourth-order valence-corrected chi connectivity index (χ4v) is 4.68. The highest BCUT2D eigenvalue weighted by Gasteiger charge is 2.30. The zero-order valence-corrected chi connectivity index (χ0v) is 22.2. The van der Waals surface area contributed by atoms with Gasteiger partial charge in [0.25, 0.3) is 0 Å². The molecule has 3 aromatic rings. The summed E-state index contributed by atoms with van der Waals surface area (Å²) in [6.45, 7) is 5.92. The van der Waals surface area contributed by atoms with Gasteiger partial charge in [0, 0.05) is 30.7 Å². The number of anilines is 5. The summed E-state index contributed by atoms with van der Waals surface area (Å²) in [5, 5.41) is 5.88. The number of likely N-dealkylation sites (N-methyl/N-ethyl adjacent to an activating group) is 1. The van der Waals surface area contributed by atoms with Gasteiger partial charge in [0.1, 0.15) is 5.69 Å². The molecule has 10 nitrogen and oxygen atoms in total. The van der Waals surface area contributed by atoms with Gasteiger partial charge in [-0.1, -0.05) is 30.3 Å². The van der Waals surface area contributed by atoms with Crippen LogP contribution in [0.15, 0.2) is 59.6 Å². The van der Waals surface area contributed by atoms with E-state index in [-0.39, 0.29) is 35.2 Å². The van der Waals surface area contributed by atoms with E-state index in [1.165, 1.54) is 17.0 Å². The minimum absolute atomic E-state index is 0.0288. The Morgan fingerprint density at radius 3 is 2.38 bits per heavy atom. The molecule has 0 saturated carbocycles. The van der Waals surface area contributed by atoms with Gasteiger partial charge in [-0.3, -0.25) is 9.59 Å². The number of aromatic nitrogens is 2. The largest absolute Gasteiger partial charge is 0.343 e. The molecule has 11 heteroatoms. The molecule has 0 spiro atoms. The van der Waals surface area contributed by atoms with Crippen molar-refractivity contribution in [2.75, 3.05) is 40.3 Å². The second kappa shape index (κ2) is 10.2. The first-order valence-electron chi connectivity index (χ1n) is 11.8. The topological polar surface area (TPSA) is 125 Å². The van der Waals surface area contributed by atoms with E-state index >= 15 is 0 Å². The summed E-state index contributed by atoms with van der Waals surface area (Å²) in [5.74, 6) is 0.0570. The number of amides is 2. The van der Waals surface area contributed by atoms with E-state index in [2.05, 4.69) is 20.6 Å². The van der Waals surface area contributed by atoms with Gasteiger partial charge in [-0.2, -0.15) is 4.98 Å². The second-order valence-electron chi connectivity index (χ2n) is 9.34. The average Bonchev–Trinajstić information content (AvgIpc) is 2.85. The summed E-state index contributed by atoms with van der Waals surface area (Å²) in [5.41, 5.74) is 2.15. The van der Waals surface area contributed by atoms with Gasteiger partial charge in [0.05, 0.1) is 23.6 Å². The van der Waals surface area contributed by atoms with Crippen molar-refractivity contribution in [2.45, 2.75) is 37.6 Å². The lowest BCUT2D eigenvalue weighted by Gasteiger charge is -2.36. The SMILES string of the molecule is CC(C)N1CC(=O)N(C)c2cnc(Nc3cc(NC(=O)[C@H](C)c4ccccc4)cc(S(C)(=O)=O)c3)nc21. The number of fused-ring (bicyclic) bond motifs is 1. The van der Waals surface area contributed by atoms with Gasteiger partial charge in [-0.15, -0.1) is 0 Å². The molecule has 194 valence electrons. The lowest BCUT2D eigenvalue weighted by Crippen LogP contribution is -2.47. The molecule has 37 heavy (non-hydrogen) atoms. The second-order valence-corrected chi connectivity index (χ2v) is 11.4. The summed E-state index contributed by atoms with van der Waals surface area (Å²) in [7, 11) is -1.90. The monoisotopic (exact) mass is 522 g/mol. The Labute approximate surface area is 216 Å². The molecule has 0 radical (unpaired) electrons. The zero-order valence-electron chi connectivity index (χ0n) is 21.4. The van der Waals surface area contributed by atoms with E-state index in [1.54, 1.807) is 26.2 Å². The number of carbonyl (C=O) groups is 2. The van der Waals surface area contributed by atoms with Crippen molar-refractivity contribution in [3.05, 3.63) is 60.3 Å². The maximum absolute atomic E-state index is 12.9. The number of hydrogen-bond donors (Lipinski definition) is 2. The van der Waals surface area contributed by atoms with Crippen LogP contribution in [-0.2, 0) is 19.4 Å². The van der Waals surface area contributed by atoms with Crippen molar-refractivity contribution < 1.29 is 18.0 Å². The third kappa shape index (κ3) is 5.72. The van der Waals surface area contributed by atoms with E-state index < -0.39 is 15.8 Å². The fourth-order valence-electron chi connectivity index (χ4n) is 3.99. The Kier molecular flexibility index (Phi) is 7.17. The van der Waals surface area contributed by atoms with Gasteiger partial charge in [-0.05, 0) is 44.5 Å². The first-order chi connectivity index (χ1) is 17.4. The fraction of sp³-hybridized carbons (Fsp3) is 0.308. The third-order valence-corrected chi connectivity index (χ3v) is 7.33. The molecular formula is C26H30N6O4S. The quantitative estimate of drug-likeness (QED) is 0.483. The maximum Gasteiger partial charge on any atom is 0.246 e. The number of rotatable bonds is 7. The first kappa shape index (κ1) is 26.1. The Balaban J connectivity index is 1.66. The van der Waals surface area contributed by atoms with Gasteiger partial charge in [0.2, 0.25) is 17.8 Å². The molecule has 0 unspecified atom stereocenters. The predicted octanol–water partition coefficient (Wildman–Crippen LogP) is 3.56. The van der Waals surface area contributed by atoms with E-state index in [0.29, 0.717) is 22.9 Å². The Bertz CT molecular complexity index is 1440. The summed E-state index contributed by atoms with van der Waals surface area (Å²) < 4.78 is 24.8. The van der Waals surface area contributed by atoms with Crippen LogP contribution in [-0.4, -0.2) is 56.1 Å². The van der Waals surface area contributed by atoms with E-state index in [1.807, 2.05) is 49.1 Å². The number of sulfone groups is 1. The van der Waals surface area contributed by atoms with E-state index in [4.69, 9.17) is 0 Å². The van der Waals surface area contributed by atoms with Gasteiger partial charge >= 0.3 is 0 Å². The predicted molar refractivity (Wildman–Crippen MR) is 144 cm³/mol. The smallest absolute Gasteiger partial charge is 0.246 e. The lowest BCUT2D eigenvalue weighted by molar-refractivity contribution is -0.118. The molecule has 2 N–H and O–H groups in total. The summed E-state index contributed by atoms with van der Waals surface area (Å²) in [6, 6.07) is 13.9. The van der Waals surface area contributed by atoms with Crippen molar-refractivity contribution in [3.8, 4) is 0 Å². The van der Waals surface area contributed by atoms with Crippen LogP contribution in [0.5, 0.6) is 0 Å². The Morgan fingerprint density at radius 1 is 1.05 bits per heavy atom. The van der Waals surface area contributed by atoms with Crippen LogP contribution in [0.4, 0.5) is 28.8 Å². The Hall–Kier alpha value is -3.99. The molecular weight excluding hydrogens is 492 g/mol. The Morgan fingerprint density at radius 2 is 1.73 bits per heavy atom. The van der Waals surface area contributed by atoms with Crippen LogP contribution in [0, 0.1) is 0 Å². The molecule has 1 aliphatic rings. The van der Waals surface area contributed by atoms with Gasteiger partial charge in [-0.25, -0.2) is 13.4 Å². The van der Waals surface area contributed by atoms with Crippen LogP contribution < -0.4 is 20.4 Å². The summed E-state index contributed by atoms with van der Waals surface area (Å²) >= 11 is 0. The maximum atomic E-state index is 12.9. The third-order valence-electron chi connectivity index (χ3n) is 6.24. The van der Waals surface area contributed by atoms with Crippen molar-refractivity contribution >= 4 is 50.5 Å². The molecule has 1 atom stereocenters. The highest BCUT2D eigenvalue weighted by molar-refractivity contribution is 7.90. The molecule has 0 aliphatic carbocycles. The molecule has 4 rings (SSSR count). The number of nitrogens with one attached hydrogen (secondary N) is 2. The number of nitrogens with zero attached hydrogens (tertiary/aromatic N) is 4. The minimum Gasteiger partial charge on any atom is -0.343 e. The molecule has 0 bridgehead atoms. The molecule has 0 fully saturated rings. The number of carbonyl (C=O) groups excluding carboxylic acids is 2. The molecule has 1 aromatic heterocycles. The molecule has 2 aromatic carbocycles. The number of benzene rings is 2. The van der Waals surface area contributed by atoms with Crippen LogP contribution in [0.25, 0.3) is 0 Å². The van der Waals surface area contributed by atoms with E-state index in [0.717, 1.165) is 11.8 Å². The van der Waals surface area contributed by atoms with Crippen LogP contribution >= 0.6 is 0 Å². The van der Waals surface area contributed by atoms with Crippen molar-refractivity contribution in [2.24, 2.45) is 0 Å². The standard InChI is InChI=1S/C26H30N6O4S/c1-16(2)32-15-23(33)31(4)22-14-27-26(30-24(22)32)29-20-11-19(12-21(13-20)37(5,35)36)28-25(34)17(3)18-9-7-6-8-10-18/h6-14,16-17H,15H2,1-5H3,(H,28,34)(H,27,29,30)/t17-/m1/s1. The highest BCUT2D eigenvalue weighted by atomic mass is 32.2. The number of hydrogen-bond acceptors (Lipinski definition) is 8. The summed E-state index contributed by atoms with van der Waals surface area (Å²) in [6.07, 6.45) is 2.66. The van der Waals surface area contributed by atoms with Crippen LogP contribution in [0.2, 0.25) is 0 Å². The van der Waals surface area contributed by atoms with Gasteiger partial charge < -0.3 is 20.4 Å². The van der Waals surface area contributed by atoms with Crippen molar-refractivity contribution in [3.63, 3.8) is 0 Å².